The lowest BCUT2D eigenvalue weighted by Crippen LogP contribution is -2.18. The Kier molecular flexibility index (Phi) is 7.52. The second kappa shape index (κ2) is 10.6. The molecule has 0 unspecified atom stereocenters. The van der Waals surface area contributed by atoms with Gasteiger partial charge in [-0.1, -0.05) is 24.8 Å². The van der Waals surface area contributed by atoms with Crippen molar-refractivity contribution >= 4 is 40.0 Å². The molecule has 34 heavy (non-hydrogen) atoms. The van der Waals surface area contributed by atoms with Gasteiger partial charge in [0.25, 0.3) is 0 Å². The van der Waals surface area contributed by atoms with Crippen molar-refractivity contribution in [1.29, 1.82) is 0 Å². The zero-order valence-corrected chi connectivity index (χ0v) is 21.2. The van der Waals surface area contributed by atoms with Crippen LogP contribution in [0.2, 0.25) is 0 Å². The largest absolute Gasteiger partial charge is 0.494 e. The lowest BCUT2D eigenvalue weighted by molar-refractivity contribution is -0.113. The zero-order chi connectivity index (χ0) is 24.2. The van der Waals surface area contributed by atoms with Crippen molar-refractivity contribution in [2.45, 2.75) is 45.2 Å². The fourth-order valence-electron chi connectivity index (χ4n) is 3.94. The minimum Gasteiger partial charge on any atom is -0.494 e. The minimum atomic E-state index is -0.381. The molecule has 1 N–H and O–H groups in total. The first kappa shape index (κ1) is 24.2. The van der Waals surface area contributed by atoms with E-state index < -0.39 is 0 Å². The van der Waals surface area contributed by atoms with E-state index in [2.05, 4.69) is 27.8 Å². The van der Waals surface area contributed by atoms with Crippen LogP contribution >= 0.6 is 23.1 Å². The number of carbonyl (C=O) groups is 2. The van der Waals surface area contributed by atoms with E-state index in [0.29, 0.717) is 33.1 Å². The van der Waals surface area contributed by atoms with Crippen LogP contribution < -0.4 is 10.1 Å². The molecule has 1 atom stereocenters. The van der Waals surface area contributed by atoms with Gasteiger partial charge in [0.2, 0.25) is 11.1 Å². The molecule has 0 aliphatic heterocycles. The van der Waals surface area contributed by atoms with E-state index in [-0.39, 0.29) is 24.2 Å². The first-order valence-corrected chi connectivity index (χ1v) is 12.9. The first-order chi connectivity index (χ1) is 16.4. The summed E-state index contributed by atoms with van der Waals surface area (Å²) in [6, 6.07) is 5.71. The Hall–Kier alpha value is -2.92. The van der Waals surface area contributed by atoms with E-state index in [1.54, 1.807) is 18.7 Å². The molecular weight excluding hydrogens is 474 g/mol. The molecule has 9 nitrogen and oxygen atoms in total. The number of tetrazole rings is 1. The molecular formula is C23H27N5O4S2. The highest BCUT2D eigenvalue weighted by atomic mass is 32.2. The Morgan fingerprint density at radius 3 is 2.94 bits per heavy atom. The van der Waals surface area contributed by atoms with Gasteiger partial charge in [0.1, 0.15) is 16.4 Å². The highest BCUT2D eigenvalue weighted by Gasteiger charge is 2.29. The maximum atomic E-state index is 12.9. The van der Waals surface area contributed by atoms with Crippen molar-refractivity contribution in [3.8, 4) is 11.4 Å². The van der Waals surface area contributed by atoms with Crippen LogP contribution in [0.4, 0.5) is 5.00 Å². The molecule has 1 aromatic carbocycles. The van der Waals surface area contributed by atoms with Crippen LogP contribution in [0.5, 0.6) is 5.75 Å². The van der Waals surface area contributed by atoms with Crippen molar-refractivity contribution in [3.05, 3.63) is 39.8 Å². The third-order valence-corrected chi connectivity index (χ3v) is 7.67. The number of aromatic nitrogens is 4. The quantitative estimate of drug-likeness (QED) is 0.363. The average molecular weight is 502 g/mol. The number of ether oxygens (including phenoxy) is 2. The predicted octanol–water partition coefficient (Wildman–Crippen LogP) is 4.07. The topological polar surface area (TPSA) is 108 Å². The van der Waals surface area contributed by atoms with E-state index in [0.717, 1.165) is 35.3 Å². The summed E-state index contributed by atoms with van der Waals surface area (Å²) < 4.78 is 12.3. The number of nitrogens with zero attached hydrogens (tertiary/aromatic N) is 4. The summed E-state index contributed by atoms with van der Waals surface area (Å²) >= 11 is 2.68. The number of anilines is 1. The molecule has 2 aromatic heterocycles. The van der Waals surface area contributed by atoms with E-state index in [9.17, 15) is 9.59 Å². The molecule has 180 valence electrons. The number of carbonyl (C=O) groups excluding carboxylic acids is 2. The number of rotatable bonds is 8. The predicted molar refractivity (Wildman–Crippen MR) is 131 cm³/mol. The van der Waals surface area contributed by atoms with Crippen LogP contribution in [0, 0.1) is 12.8 Å². The fourth-order valence-corrected chi connectivity index (χ4v) is 6.04. The van der Waals surface area contributed by atoms with Crippen LogP contribution in [0.25, 0.3) is 5.69 Å². The summed E-state index contributed by atoms with van der Waals surface area (Å²) in [5.41, 5.74) is 3.24. The number of amides is 1. The first-order valence-electron chi connectivity index (χ1n) is 11.1. The molecule has 3 aromatic rings. The van der Waals surface area contributed by atoms with Gasteiger partial charge in [0, 0.05) is 4.88 Å². The third-order valence-electron chi connectivity index (χ3n) is 5.58. The molecule has 1 amide bonds. The number of aryl methyl sites for hydroxylation is 1. The molecule has 1 aliphatic carbocycles. The maximum absolute atomic E-state index is 12.9. The standard InChI is InChI=1S/C23H27N5O4S2/c1-5-32-22(30)20-15-8-6-14(3)11-18(15)34-21(20)24-19(29)12-33-23-25-26-27-28(23)16-10-13(2)7-9-17(16)31-4/h7,9-10,14H,5-6,8,11-12H2,1-4H3,(H,24,29)/t14-/m1/s1. The van der Waals surface area contributed by atoms with E-state index in [4.69, 9.17) is 9.47 Å². The van der Waals surface area contributed by atoms with Crippen LogP contribution in [-0.2, 0) is 22.4 Å². The monoisotopic (exact) mass is 501 g/mol. The normalized spacial score (nSPS) is 15.0. The van der Waals surface area contributed by atoms with Gasteiger partial charge in [-0.05, 0) is 72.7 Å². The number of benzene rings is 1. The summed E-state index contributed by atoms with van der Waals surface area (Å²) in [5, 5.41) is 15.9. The van der Waals surface area contributed by atoms with Gasteiger partial charge in [0.15, 0.2) is 0 Å². The van der Waals surface area contributed by atoms with Crippen LogP contribution in [-0.4, -0.2) is 51.6 Å². The van der Waals surface area contributed by atoms with Gasteiger partial charge in [-0.3, -0.25) is 4.79 Å². The Bertz CT molecular complexity index is 1210. The smallest absolute Gasteiger partial charge is 0.341 e. The number of hydrogen-bond donors (Lipinski definition) is 1. The summed E-state index contributed by atoms with van der Waals surface area (Å²) in [6.07, 6.45) is 2.74. The van der Waals surface area contributed by atoms with Gasteiger partial charge in [0.05, 0.1) is 25.0 Å². The average Bonchev–Trinajstić information content (AvgIpc) is 3.41. The van der Waals surface area contributed by atoms with Crippen LogP contribution in [0.1, 0.15) is 46.6 Å². The second-order valence-corrected chi connectivity index (χ2v) is 10.2. The highest BCUT2D eigenvalue weighted by molar-refractivity contribution is 7.99. The highest BCUT2D eigenvalue weighted by Crippen LogP contribution is 2.40. The van der Waals surface area contributed by atoms with Gasteiger partial charge in [-0.25, -0.2) is 4.79 Å². The van der Waals surface area contributed by atoms with Gasteiger partial charge in [-0.15, -0.1) is 16.4 Å². The van der Waals surface area contributed by atoms with Crippen molar-refractivity contribution in [3.63, 3.8) is 0 Å². The number of methoxy groups -OCH3 is 1. The summed E-state index contributed by atoms with van der Waals surface area (Å²) in [4.78, 5) is 26.7. The van der Waals surface area contributed by atoms with Crippen molar-refractivity contribution in [2.24, 2.45) is 5.92 Å². The van der Waals surface area contributed by atoms with Crippen molar-refractivity contribution in [2.75, 3.05) is 24.8 Å². The Morgan fingerprint density at radius 2 is 2.18 bits per heavy atom. The Balaban J connectivity index is 1.51. The van der Waals surface area contributed by atoms with Gasteiger partial charge < -0.3 is 14.8 Å². The number of hydrogen-bond acceptors (Lipinski definition) is 9. The van der Waals surface area contributed by atoms with Crippen molar-refractivity contribution in [1.82, 2.24) is 20.2 Å². The molecule has 11 heteroatoms. The Labute approximate surface area is 206 Å². The fraction of sp³-hybridized carbons (Fsp3) is 0.435. The molecule has 0 saturated carbocycles. The summed E-state index contributed by atoms with van der Waals surface area (Å²) in [5.74, 6) is 0.635. The third kappa shape index (κ3) is 5.10. The molecule has 0 saturated heterocycles. The van der Waals surface area contributed by atoms with Crippen molar-refractivity contribution < 1.29 is 19.1 Å². The number of thioether (sulfide) groups is 1. The Morgan fingerprint density at radius 1 is 1.35 bits per heavy atom. The number of fused-ring (bicyclic) bond motifs is 1. The summed E-state index contributed by atoms with van der Waals surface area (Å²) in [7, 11) is 1.58. The number of thiophene rings is 1. The molecule has 0 bridgehead atoms. The molecule has 2 heterocycles. The molecule has 0 fully saturated rings. The minimum absolute atomic E-state index is 0.0791. The van der Waals surface area contributed by atoms with Crippen LogP contribution in [0.3, 0.4) is 0 Å². The lowest BCUT2D eigenvalue weighted by atomic mass is 9.88. The number of nitrogens with one attached hydrogen (secondary N) is 1. The van der Waals surface area contributed by atoms with Gasteiger partial charge in [-0.2, -0.15) is 4.68 Å². The SMILES string of the molecule is CCOC(=O)c1c(NC(=O)CSc2nnnn2-c2cc(C)ccc2OC)sc2c1CC[C@@H](C)C2. The second-order valence-electron chi connectivity index (χ2n) is 8.16. The van der Waals surface area contributed by atoms with E-state index >= 15 is 0 Å². The maximum Gasteiger partial charge on any atom is 0.341 e. The van der Waals surface area contributed by atoms with Crippen LogP contribution in [0.15, 0.2) is 23.4 Å². The van der Waals surface area contributed by atoms with E-state index in [1.807, 2.05) is 25.1 Å². The number of esters is 1. The zero-order valence-electron chi connectivity index (χ0n) is 19.6. The lowest BCUT2D eigenvalue weighted by Gasteiger charge is -2.18. The summed E-state index contributed by atoms with van der Waals surface area (Å²) in [6.45, 7) is 6.24. The molecule has 4 rings (SSSR count). The molecule has 0 radical (unpaired) electrons. The molecule has 1 aliphatic rings. The van der Waals surface area contributed by atoms with Gasteiger partial charge >= 0.3 is 5.97 Å². The molecule has 0 spiro atoms. The van der Waals surface area contributed by atoms with E-state index in [1.165, 1.54) is 23.1 Å².